The van der Waals surface area contributed by atoms with Crippen LogP contribution in [0.3, 0.4) is 0 Å². The van der Waals surface area contributed by atoms with Crippen molar-refractivity contribution in [3.05, 3.63) is 64.5 Å². The minimum absolute atomic E-state index is 0.158. The number of fused-ring (bicyclic) bond motifs is 1. The minimum atomic E-state index is -0.960. The van der Waals surface area contributed by atoms with Crippen LogP contribution in [0.25, 0.3) is 0 Å². The number of hydrogen-bond acceptors (Lipinski definition) is 6. The molecule has 2 N–H and O–H groups in total. The van der Waals surface area contributed by atoms with E-state index >= 15 is 0 Å². The number of hydrogen-bond donors (Lipinski definition) is 2. The van der Waals surface area contributed by atoms with Crippen molar-refractivity contribution in [2.75, 3.05) is 5.32 Å². The molecule has 2 aromatic carbocycles. The molecule has 1 saturated heterocycles. The van der Waals surface area contributed by atoms with Crippen LogP contribution in [0.1, 0.15) is 41.1 Å². The maximum atomic E-state index is 14.4. The maximum Gasteiger partial charge on any atom is 0.243 e. The van der Waals surface area contributed by atoms with E-state index in [-0.39, 0.29) is 44.0 Å². The number of ketones is 1. The number of aldehydes is 1. The molecular weight excluding hydrogens is 437 g/mol. The predicted octanol–water partition coefficient (Wildman–Crippen LogP) is 2.61. The summed E-state index contributed by atoms with van der Waals surface area (Å²) in [4.78, 5) is 49.7. The second-order valence-corrected chi connectivity index (χ2v) is 8.12. The van der Waals surface area contributed by atoms with Crippen LogP contribution >= 0.6 is 11.6 Å². The Hall–Kier alpha value is -3.10. The molecule has 9 heteroatoms. The maximum absolute atomic E-state index is 14.4. The van der Waals surface area contributed by atoms with Gasteiger partial charge in [0.25, 0.3) is 0 Å². The zero-order chi connectivity index (χ0) is 22.8. The molecule has 0 aliphatic carbocycles. The topological polar surface area (TPSA) is 95.6 Å². The van der Waals surface area contributed by atoms with Gasteiger partial charge in [-0.15, -0.1) is 11.6 Å². The number of nitrogens with zero attached hydrogens (tertiary/aromatic N) is 1. The van der Waals surface area contributed by atoms with Gasteiger partial charge in [0, 0.05) is 42.2 Å². The first-order valence-corrected chi connectivity index (χ1v) is 10.7. The largest absolute Gasteiger partial charge is 0.381 e. The summed E-state index contributed by atoms with van der Waals surface area (Å²) in [5.74, 6) is -1.70. The lowest BCUT2D eigenvalue weighted by Crippen LogP contribution is -2.52. The Kier molecular flexibility index (Phi) is 6.34. The fraction of sp³-hybridized carbons (Fsp3) is 0.304. The quantitative estimate of drug-likeness (QED) is 0.287. The zero-order valence-corrected chi connectivity index (χ0v) is 17.8. The van der Waals surface area contributed by atoms with Crippen LogP contribution in [-0.2, 0) is 38.1 Å². The number of piperidine rings is 1. The summed E-state index contributed by atoms with van der Waals surface area (Å²) in [6.07, 6.45) is 0.677. The van der Waals surface area contributed by atoms with Crippen molar-refractivity contribution in [2.24, 2.45) is 0 Å². The fourth-order valence-corrected chi connectivity index (χ4v) is 4.51. The molecule has 7 nitrogen and oxygen atoms in total. The highest BCUT2D eigenvalue weighted by atomic mass is 35.5. The van der Waals surface area contributed by atoms with Crippen LogP contribution in [0, 0.1) is 5.82 Å². The monoisotopic (exact) mass is 457 g/mol. The van der Waals surface area contributed by atoms with E-state index < -0.39 is 29.6 Å². The van der Waals surface area contributed by atoms with Gasteiger partial charge in [0.1, 0.15) is 11.9 Å². The number of Topliss-reactive ketones (excluding diaryl/α,β-unsaturated/α-hetero) is 1. The molecule has 32 heavy (non-hydrogen) atoms. The molecule has 2 aliphatic rings. The average molecular weight is 458 g/mol. The van der Waals surface area contributed by atoms with Crippen LogP contribution in [0.2, 0.25) is 0 Å². The number of alkyl halides is 1. The number of anilines is 1. The smallest absolute Gasteiger partial charge is 0.243 e. The number of carbonyl (C=O) groups excluding carboxylic acids is 4. The van der Waals surface area contributed by atoms with Crippen molar-refractivity contribution in [2.45, 2.75) is 43.9 Å². The molecule has 0 aromatic heterocycles. The Labute approximate surface area is 188 Å². The molecule has 1 fully saturated rings. The van der Waals surface area contributed by atoms with Gasteiger partial charge in [-0.2, -0.15) is 0 Å². The third-order valence-corrected chi connectivity index (χ3v) is 6.20. The Balaban J connectivity index is 1.63. The van der Waals surface area contributed by atoms with Crippen molar-refractivity contribution in [1.82, 2.24) is 10.2 Å². The van der Waals surface area contributed by atoms with E-state index in [0.717, 1.165) is 5.56 Å². The van der Waals surface area contributed by atoms with Crippen LogP contribution < -0.4 is 10.6 Å². The van der Waals surface area contributed by atoms with Gasteiger partial charge in [-0.3, -0.25) is 29.4 Å². The van der Waals surface area contributed by atoms with E-state index in [2.05, 4.69) is 10.6 Å². The highest BCUT2D eigenvalue weighted by Crippen LogP contribution is 2.41. The fourth-order valence-electron chi connectivity index (χ4n) is 4.35. The van der Waals surface area contributed by atoms with Crippen LogP contribution in [-0.4, -0.2) is 34.8 Å². The van der Waals surface area contributed by atoms with Gasteiger partial charge >= 0.3 is 0 Å². The first-order chi connectivity index (χ1) is 15.4. The Morgan fingerprint density at radius 2 is 2.09 bits per heavy atom. The summed E-state index contributed by atoms with van der Waals surface area (Å²) in [6.45, 7) is 0.436. The summed E-state index contributed by atoms with van der Waals surface area (Å²) in [6, 6.07) is 8.48. The van der Waals surface area contributed by atoms with Crippen molar-refractivity contribution in [3.63, 3.8) is 0 Å². The number of benzene rings is 2. The normalized spacial score (nSPS) is 20.6. The van der Waals surface area contributed by atoms with Crippen molar-refractivity contribution in [3.8, 4) is 0 Å². The van der Waals surface area contributed by atoms with Crippen molar-refractivity contribution >= 4 is 41.2 Å². The molecule has 4 rings (SSSR count). The first kappa shape index (κ1) is 22.1. The molecule has 166 valence electrons. The minimum Gasteiger partial charge on any atom is -0.381 e. The van der Waals surface area contributed by atoms with Gasteiger partial charge in [-0.1, -0.05) is 24.3 Å². The standard InChI is InChI=1S/C23H21ClFN3O4/c24-9-13-4-5-14(16(25)8-13)10-26-17-3-1-2-15-11-28(22(21(15)17)19(30)12-29)18-6-7-20(31)27-23(18)32/h1-5,8,12,18,22,26H,6-7,9-11H2,(H,27,31,32). The Morgan fingerprint density at radius 3 is 2.78 bits per heavy atom. The van der Waals surface area contributed by atoms with Gasteiger partial charge in [0.15, 0.2) is 6.29 Å². The number of rotatable bonds is 7. The second-order valence-electron chi connectivity index (χ2n) is 7.85. The second kappa shape index (κ2) is 9.18. The molecule has 2 aliphatic heterocycles. The third-order valence-electron chi connectivity index (χ3n) is 5.89. The molecule has 0 spiro atoms. The summed E-state index contributed by atoms with van der Waals surface area (Å²) >= 11 is 5.75. The molecule has 2 aromatic rings. The molecule has 0 saturated carbocycles. The van der Waals surface area contributed by atoms with Crippen LogP contribution in [0.15, 0.2) is 36.4 Å². The van der Waals surface area contributed by atoms with E-state index in [1.54, 1.807) is 29.2 Å². The summed E-state index contributed by atoms with van der Waals surface area (Å²) in [5, 5.41) is 5.47. The third kappa shape index (κ3) is 4.16. The highest BCUT2D eigenvalue weighted by molar-refractivity contribution is 6.28. The molecule has 0 bridgehead atoms. The lowest BCUT2D eigenvalue weighted by atomic mass is 9.97. The SMILES string of the molecule is O=CC(=O)C1c2c(cccc2NCc2ccc(CCl)cc2F)CN1C1CCC(=O)NC1=O. The van der Waals surface area contributed by atoms with Gasteiger partial charge in [-0.25, -0.2) is 4.39 Å². The van der Waals surface area contributed by atoms with E-state index in [4.69, 9.17) is 11.6 Å². The zero-order valence-electron chi connectivity index (χ0n) is 17.1. The molecule has 2 heterocycles. The van der Waals surface area contributed by atoms with Crippen molar-refractivity contribution in [1.29, 1.82) is 0 Å². The van der Waals surface area contributed by atoms with Crippen molar-refractivity contribution < 1.29 is 23.6 Å². The number of nitrogens with one attached hydrogen (secondary N) is 2. The van der Waals surface area contributed by atoms with Gasteiger partial charge in [0.2, 0.25) is 17.6 Å². The van der Waals surface area contributed by atoms with E-state index in [9.17, 15) is 23.6 Å². The van der Waals surface area contributed by atoms with Gasteiger partial charge in [0.05, 0.1) is 6.04 Å². The number of carbonyl (C=O) groups is 4. The van der Waals surface area contributed by atoms with Crippen LogP contribution in [0.4, 0.5) is 10.1 Å². The van der Waals surface area contributed by atoms with Gasteiger partial charge in [-0.05, 0) is 29.7 Å². The van der Waals surface area contributed by atoms with Gasteiger partial charge < -0.3 is 5.32 Å². The van der Waals surface area contributed by atoms with E-state index in [1.807, 2.05) is 6.07 Å². The summed E-state index contributed by atoms with van der Waals surface area (Å²) in [7, 11) is 0. The Morgan fingerprint density at radius 1 is 1.28 bits per heavy atom. The van der Waals surface area contributed by atoms with Crippen LogP contribution in [0.5, 0.6) is 0 Å². The number of imide groups is 1. The summed E-state index contributed by atoms with van der Waals surface area (Å²) < 4.78 is 14.4. The predicted molar refractivity (Wildman–Crippen MR) is 115 cm³/mol. The first-order valence-electron chi connectivity index (χ1n) is 10.2. The Bertz CT molecular complexity index is 1110. The lowest BCUT2D eigenvalue weighted by Gasteiger charge is -2.33. The molecular formula is C23H21ClFN3O4. The number of amides is 2. The van der Waals surface area contributed by atoms with E-state index in [1.165, 1.54) is 6.07 Å². The molecule has 2 unspecified atom stereocenters. The highest BCUT2D eigenvalue weighted by Gasteiger charge is 2.44. The van der Waals surface area contributed by atoms with E-state index in [0.29, 0.717) is 22.4 Å². The lowest BCUT2D eigenvalue weighted by molar-refractivity contribution is -0.141. The average Bonchev–Trinajstić information content (AvgIpc) is 3.17. The molecule has 0 radical (unpaired) electrons. The molecule has 2 atom stereocenters. The number of halogens is 2. The summed E-state index contributed by atoms with van der Waals surface area (Å²) in [5.41, 5.74) is 3.06. The molecule has 2 amide bonds.